The van der Waals surface area contributed by atoms with Crippen molar-refractivity contribution in [1.29, 1.82) is 0 Å². The van der Waals surface area contributed by atoms with Gasteiger partial charge in [0.25, 0.3) is 0 Å². The van der Waals surface area contributed by atoms with Crippen LogP contribution in [0, 0.1) is 5.82 Å². The Morgan fingerprint density at radius 1 is 1.28 bits per heavy atom. The van der Waals surface area contributed by atoms with Gasteiger partial charge in [0, 0.05) is 12.2 Å². The van der Waals surface area contributed by atoms with E-state index in [1.165, 1.54) is 31.5 Å². The number of nitrogens with two attached hydrogens (primary N) is 1. The molecule has 2 aromatic rings. The minimum absolute atomic E-state index is 0.161. The number of benzene rings is 1. The van der Waals surface area contributed by atoms with Gasteiger partial charge >= 0.3 is 0 Å². The molecule has 3 rings (SSSR count). The lowest BCUT2D eigenvalue weighted by Gasteiger charge is -2.23. The number of hydrogen-bond acceptors (Lipinski definition) is 3. The Balaban J connectivity index is 1.57. The van der Waals surface area contributed by atoms with E-state index in [-0.39, 0.29) is 5.75 Å². The molecule has 5 nitrogen and oxygen atoms in total. The molecule has 1 aliphatic rings. The monoisotopic (exact) mass is 342 g/mol. The average Bonchev–Trinajstić information content (AvgIpc) is 2.64. The molecule has 0 saturated heterocycles. The summed E-state index contributed by atoms with van der Waals surface area (Å²) < 4.78 is 19.7. The molecule has 0 radical (unpaired) electrons. The highest BCUT2D eigenvalue weighted by atomic mass is 19.1. The number of pyridine rings is 1. The summed E-state index contributed by atoms with van der Waals surface area (Å²) in [5.41, 5.74) is 6.68. The second-order valence-corrected chi connectivity index (χ2v) is 6.24. The van der Waals surface area contributed by atoms with Gasteiger partial charge in [-0.2, -0.15) is 0 Å². The Morgan fingerprint density at radius 2 is 2.12 bits per heavy atom. The van der Waals surface area contributed by atoms with Crippen LogP contribution in [-0.4, -0.2) is 17.0 Å². The predicted octanol–water partition coefficient (Wildman–Crippen LogP) is 3.75. The predicted molar refractivity (Wildman–Crippen MR) is 96.0 cm³/mol. The molecule has 0 bridgehead atoms. The van der Waals surface area contributed by atoms with E-state index in [0.717, 1.165) is 18.4 Å². The summed E-state index contributed by atoms with van der Waals surface area (Å²) in [6.07, 6.45) is 9.19. The molecular formula is C19H23FN4O. The number of guanidine groups is 1. The summed E-state index contributed by atoms with van der Waals surface area (Å²) in [6.45, 7) is 0.329. The standard InChI is InChI=1S/C19H23FN4O/c20-17-11-14(8-9-18(17)25-16-7-4-10-22-13-16)12-23-19(21)24-15-5-2-1-3-6-15/h4,7-11,13,15H,1-3,5-6,12H2,(H3,21,23,24). The summed E-state index contributed by atoms with van der Waals surface area (Å²) in [5.74, 6) is 0.639. The maximum Gasteiger partial charge on any atom is 0.189 e. The van der Waals surface area contributed by atoms with Crippen LogP contribution in [0.5, 0.6) is 11.5 Å². The van der Waals surface area contributed by atoms with Gasteiger partial charge < -0.3 is 15.8 Å². The van der Waals surface area contributed by atoms with E-state index in [4.69, 9.17) is 10.5 Å². The normalized spacial score (nSPS) is 15.8. The van der Waals surface area contributed by atoms with E-state index in [0.29, 0.717) is 24.3 Å². The molecule has 0 atom stereocenters. The maximum absolute atomic E-state index is 14.2. The first-order valence-electron chi connectivity index (χ1n) is 8.63. The summed E-state index contributed by atoms with van der Waals surface area (Å²) >= 11 is 0. The summed E-state index contributed by atoms with van der Waals surface area (Å²) in [4.78, 5) is 8.25. The fourth-order valence-electron chi connectivity index (χ4n) is 2.94. The molecular weight excluding hydrogens is 319 g/mol. The van der Waals surface area contributed by atoms with Gasteiger partial charge in [-0.05, 0) is 42.7 Å². The molecule has 3 N–H and O–H groups in total. The van der Waals surface area contributed by atoms with Gasteiger partial charge in [-0.25, -0.2) is 9.38 Å². The zero-order valence-corrected chi connectivity index (χ0v) is 14.1. The van der Waals surface area contributed by atoms with E-state index in [9.17, 15) is 4.39 Å². The van der Waals surface area contributed by atoms with Gasteiger partial charge in [-0.15, -0.1) is 0 Å². The molecule has 1 aromatic heterocycles. The van der Waals surface area contributed by atoms with Crippen LogP contribution in [0.4, 0.5) is 4.39 Å². The Hall–Kier alpha value is -2.63. The van der Waals surface area contributed by atoms with Crippen LogP contribution in [0.1, 0.15) is 37.7 Å². The molecule has 132 valence electrons. The summed E-state index contributed by atoms with van der Waals surface area (Å²) in [5, 5.41) is 3.25. The molecule has 0 aliphatic heterocycles. The van der Waals surface area contributed by atoms with Crippen molar-refractivity contribution in [3.63, 3.8) is 0 Å². The van der Waals surface area contributed by atoms with Crippen LogP contribution in [0.2, 0.25) is 0 Å². The minimum Gasteiger partial charge on any atom is -0.453 e. The van der Waals surface area contributed by atoms with Gasteiger partial charge in [0.15, 0.2) is 17.5 Å². The maximum atomic E-state index is 14.2. The van der Waals surface area contributed by atoms with Gasteiger partial charge in [0.2, 0.25) is 0 Å². The largest absolute Gasteiger partial charge is 0.453 e. The first-order valence-corrected chi connectivity index (χ1v) is 8.63. The average molecular weight is 342 g/mol. The van der Waals surface area contributed by atoms with E-state index >= 15 is 0 Å². The molecule has 0 spiro atoms. The van der Waals surface area contributed by atoms with Crippen LogP contribution in [-0.2, 0) is 6.54 Å². The van der Waals surface area contributed by atoms with Crippen molar-refractivity contribution in [1.82, 2.24) is 10.3 Å². The lowest BCUT2D eigenvalue weighted by atomic mass is 9.96. The third kappa shape index (κ3) is 5.17. The Kier molecular flexibility index (Phi) is 5.82. The van der Waals surface area contributed by atoms with Crippen LogP contribution in [0.3, 0.4) is 0 Å². The first-order chi connectivity index (χ1) is 12.2. The van der Waals surface area contributed by atoms with Crippen molar-refractivity contribution in [2.24, 2.45) is 10.7 Å². The number of ether oxygens (including phenoxy) is 1. The second kappa shape index (κ2) is 8.46. The lowest BCUT2D eigenvalue weighted by molar-refractivity contribution is 0.412. The SMILES string of the molecule is NC(=NCc1ccc(Oc2cccnc2)c(F)c1)NC1CCCCC1. The smallest absolute Gasteiger partial charge is 0.189 e. The van der Waals surface area contributed by atoms with Gasteiger partial charge in [0.05, 0.1) is 12.7 Å². The lowest BCUT2D eigenvalue weighted by Crippen LogP contribution is -2.41. The number of halogens is 1. The second-order valence-electron chi connectivity index (χ2n) is 6.24. The number of nitrogens with zero attached hydrogens (tertiary/aromatic N) is 2. The summed E-state index contributed by atoms with van der Waals surface area (Å²) in [7, 11) is 0. The summed E-state index contributed by atoms with van der Waals surface area (Å²) in [6, 6.07) is 8.66. The van der Waals surface area contributed by atoms with Crippen molar-refractivity contribution in [3.8, 4) is 11.5 Å². The topological polar surface area (TPSA) is 72.5 Å². The van der Waals surface area contributed by atoms with Crippen molar-refractivity contribution in [2.45, 2.75) is 44.7 Å². The number of aromatic nitrogens is 1. The van der Waals surface area contributed by atoms with E-state index < -0.39 is 5.82 Å². The quantitative estimate of drug-likeness (QED) is 0.641. The molecule has 1 fully saturated rings. The zero-order chi connectivity index (χ0) is 17.5. The van der Waals surface area contributed by atoms with Crippen LogP contribution in [0.25, 0.3) is 0 Å². The van der Waals surface area contributed by atoms with Crippen molar-refractivity contribution >= 4 is 5.96 Å². The molecule has 1 saturated carbocycles. The van der Waals surface area contributed by atoms with Gasteiger partial charge in [-0.1, -0.05) is 25.3 Å². The molecule has 0 unspecified atom stereocenters. The Labute approximate surface area is 147 Å². The molecule has 1 aliphatic carbocycles. The minimum atomic E-state index is -0.435. The Morgan fingerprint density at radius 3 is 2.84 bits per heavy atom. The molecule has 1 heterocycles. The van der Waals surface area contributed by atoms with Crippen molar-refractivity contribution in [3.05, 3.63) is 54.1 Å². The number of aliphatic imine (C=N–C) groups is 1. The van der Waals surface area contributed by atoms with Crippen LogP contribution in [0.15, 0.2) is 47.7 Å². The zero-order valence-electron chi connectivity index (χ0n) is 14.1. The van der Waals surface area contributed by atoms with Gasteiger partial charge in [0.1, 0.15) is 5.75 Å². The Bertz CT molecular complexity index is 715. The molecule has 1 aromatic carbocycles. The molecule has 6 heteroatoms. The van der Waals surface area contributed by atoms with Gasteiger partial charge in [-0.3, -0.25) is 4.98 Å². The highest BCUT2D eigenvalue weighted by molar-refractivity contribution is 5.78. The molecule has 0 amide bonds. The number of hydrogen-bond donors (Lipinski definition) is 2. The highest BCUT2D eigenvalue weighted by Gasteiger charge is 2.13. The highest BCUT2D eigenvalue weighted by Crippen LogP contribution is 2.24. The fraction of sp³-hybridized carbons (Fsp3) is 0.368. The third-order valence-corrected chi connectivity index (χ3v) is 4.25. The van der Waals surface area contributed by atoms with Crippen LogP contribution >= 0.6 is 0 Å². The molecule has 25 heavy (non-hydrogen) atoms. The van der Waals surface area contributed by atoms with E-state index in [2.05, 4.69) is 15.3 Å². The number of rotatable bonds is 5. The fourth-order valence-corrected chi connectivity index (χ4v) is 2.94. The van der Waals surface area contributed by atoms with Crippen molar-refractivity contribution < 1.29 is 9.13 Å². The number of nitrogens with one attached hydrogen (secondary N) is 1. The van der Waals surface area contributed by atoms with E-state index in [1.54, 1.807) is 30.5 Å². The third-order valence-electron chi connectivity index (χ3n) is 4.25. The van der Waals surface area contributed by atoms with E-state index in [1.807, 2.05) is 0 Å². The van der Waals surface area contributed by atoms with Crippen LogP contribution < -0.4 is 15.8 Å². The first kappa shape index (κ1) is 17.2. The van der Waals surface area contributed by atoms with Crippen molar-refractivity contribution in [2.75, 3.05) is 0 Å².